The van der Waals surface area contributed by atoms with E-state index in [0.29, 0.717) is 24.1 Å². The van der Waals surface area contributed by atoms with Crippen molar-refractivity contribution in [2.45, 2.75) is 43.9 Å². The summed E-state index contributed by atoms with van der Waals surface area (Å²) in [5.41, 5.74) is 0.0542. The molecule has 21 heavy (non-hydrogen) atoms. The quantitative estimate of drug-likeness (QED) is 0.753. The number of hydrogen-bond donors (Lipinski definition) is 3. The van der Waals surface area contributed by atoms with E-state index in [2.05, 4.69) is 15.6 Å². The summed E-state index contributed by atoms with van der Waals surface area (Å²) >= 11 is 1.29. The topological polar surface area (TPSA) is 101 Å². The second kappa shape index (κ2) is 5.98. The second-order valence-electron chi connectivity index (χ2n) is 5.30. The van der Waals surface area contributed by atoms with Gasteiger partial charge in [0, 0.05) is 18.3 Å². The first-order valence-electron chi connectivity index (χ1n) is 6.99. The molecule has 114 valence electrons. The minimum atomic E-state index is -1.03. The maximum Gasteiger partial charge on any atom is 0.355 e. The summed E-state index contributed by atoms with van der Waals surface area (Å²) in [6.07, 6.45) is 4.01. The predicted molar refractivity (Wildman–Crippen MR) is 75.6 cm³/mol. The van der Waals surface area contributed by atoms with Crippen LogP contribution < -0.4 is 10.6 Å². The first-order valence-corrected chi connectivity index (χ1v) is 7.87. The number of nitrogens with one attached hydrogen (secondary N) is 2. The fourth-order valence-electron chi connectivity index (χ4n) is 2.82. The Hall–Kier alpha value is -1.67. The molecule has 7 nitrogen and oxygen atoms in total. The van der Waals surface area contributed by atoms with Crippen molar-refractivity contribution in [3.05, 3.63) is 16.1 Å². The molecular formula is C13H17N3O4S. The molecule has 3 heterocycles. The highest BCUT2D eigenvalue weighted by atomic mass is 32.1. The van der Waals surface area contributed by atoms with Crippen LogP contribution in [0.25, 0.3) is 0 Å². The zero-order chi connectivity index (χ0) is 14.8. The lowest BCUT2D eigenvalue weighted by Crippen LogP contribution is -2.46. The van der Waals surface area contributed by atoms with Crippen LogP contribution in [0.1, 0.15) is 34.8 Å². The Morgan fingerprint density at radius 3 is 2.95 bits per heavy atom. The van der Waals surface area contributed by atoms with E-state index >= 15 is 0 Å². The number of thiazole rings is 1. The highest BCUT2D eigenvalue weighted by Gasteiger charge is 2.41. The molecule has 0 spiro atoms. The molecule has 2 bridgehead atoms. The lowest BCUT2D eigenvalue weighted by Gasteiger charge is -2.20. The zero-order valence-corrected chi connectivity index (χ0v) is 12.2. The van der Waals surface area contributed by atoms with E-state index in [-0.39, 0.29) is 23.9 Å². The highest BCUT2D eigenvalue weighted by Crippen LogP contribution is 2.34. The Labute approximate surface area is 125 Å². The van der Waals surface area contributed by atoms with Gasteiger partial charge in [-0.2, -0.15) is 0 Å². The number of carboxylic acids is 1. The lowest BCUT2D eigenvalue weighted by atomic mass is 9.96. The molecule has 0 aliphatic carbocycles. The summed E-state index contributed by atoms with van der Waals surface area (Å²) in [4.78, 5) is 26.5. The molecule has 2 saturated heterocycles. The van der Waals surface area contributed by atoms with Gasteiger partial charge < -0.3 is 20.5 Å². The SMILES string of the molecule is O=C(NCCc1nc(C(=O)O)cs1)NC1CC2CCC1O2. The van der Waals surface area contributed by atoms with Crippen LogP contribution in [0.2, 0.25) is 0 Å². The number of aromatic nitrogens is 1. The molecule has 1 aromatic rings. The van der Waals surface area contributed by atoms with Crippen LogP contribution in [0.4, 0.5) is 4.79 Å². The van der Waals surface area contributed by atoms with E-state index in [4.69, 9.17) is 9.84 Å². The van der Waals surface area contributed by atoms with Gasteiger partial charge >= 0.3 is 12.0 Å². The lowest BCUT2D eigenvalue weighted by molar-refractivity contribution is 0.0691. The number of fused-ring (bicyclic) bond motifs is 2. The molecule has 0 radical (unpaired) electrons. The summed E-state index contributed by atoms with van der Waals surface area (Å²) in [6, 6.07) is -0.0895. The molecule has 2 aliphatic heterocycles. The Bertz CT molecular complexity index is 547. The van der Waals surface area contributed by atoms with Gasteiger partial charge in [0.05, 0.1) is 23.3 Å². The molecule has 1 aromatic heterocycles. The number of carboxylic acid groups (broad SMARTS) is 1. The summed E-state index contributed by atoms with van der Waals surface area (Å²) < 4.78 is 5.68. The molecule has 3 atom stereocenters. The first-order chi connectivity index (χ1) is 10.1. The number of nitrogens with zero attached hydrogens (tertiary/aromatic N) is 1. The number of urea groups is 1. The number of carbonyl (C=O) groups excluding carboxylic acids is 1. The summed E-state index contributed by atoms with van der Waals surface area (Å²) in [7, 11) is 0. The van der Waals surface area contributed by atoms with Crippen molar-refractivity contribution < 1.29 is 19.4 Å². The van der Waals surface area contributed by atoms with E-state index < -0.39 is 5.97 Å². The van der Waals surface area contributed by atoms with Crippen molar-refractivity contribution in [3.8, 4) is 0 Å². The zero-order valence-electron chi connectivity index (χ0n) is 11.4. The fourth-order valence-corrected chi connectivity index (χ4v) is 3.59. The minimum absolute atomic E-state index is 0.0542. The number of ether oxygens (including phenoxy) is 1. The van der Waals surface area contributed by atoms with E-state index in [0.717, 1.165) is 19.3 Å². The average molecular weight is 311 g/mol. The maximum atomic E-state index is 11.8. The Kier molecular flexibility index (Phi) is 4.07. The van der Waals surface area contributed by atoms with Crippen LogP contribution in [-0.2, 0) is 11.2 Å². The van der Waals surface area contributed by atoms with Crippen LogP contribution in [0.5, 0.6) is 0 Å². The van der Waals surface area contributed by atoms with Crippen LogP contribution in [0.3, 0.4) is 0 Å². The minimum Gasteiger partial charge on any atom is -0.476 e. The summed E-state index contributed by atoms with van der Waals surface area (Å²) in [5, 5.41) is 16.7. The van der Waals surface area contributed by atoms with Crippen molar-refractivity contribution in [2.24, 2.45) is 0 Å². The number of aromatic carboxylic acids is 1. The van der Waals surface area contributed by atoms with Gasteiger partial charge in [0.25, 0.3) is 0 Å². The predicted octanol–water partition coefficient (Wildman–Crippen LogP) is 1.00. The van der Waals surface area contributed by atoms with Gasteiger partial charge in [-0.05, 0) is 19.3 Å². The van der Waals surface area contributed by atoms with Crippen LogP contribution in [0, 0.1) is 0 Å². The van der Waals surface area contributed by atoms with Gasteiger partial charge in [-0.3, -0.25) is 0 Å². The standard InChI is InChI=1S/C13H17N3O4S/c17-12(18)9-6-21-11(15-9)3-4-14-13(19)16-8-5-7-1-2-10(8)20-7/h6-8,10H,1-5H2,(H,17,18)(H2,14,16,19). The normalized spacial score (nSPS) is 26.8. The van der Waals surface area contributed by atoms with E-state index in [9.17, 15) is 9.59 Å². The van der Waals surface area contributed by atoms with Crippen molar-refractivity contribution in [3.63, 3.8) is 0 Å². The maximum absolute atomic E-state index is 11.8. The molecule has 3 unspecified atom stereocenters. The number of hydrogen-bond acceptors (Lipinski definition) is 5. The van der Waals surface area contributed by atoms with Gasteiger partial charge in [-0.1, -0.05) is 0 Å². The van der Waals surface area contributed by atoms with Crippen molar-refractivity contribution in [1.29, 1.82) is 0 Å². The van der Waals surface area contributed by atoms with Gasteiger partial charge in [0.1, 0.15) is 0 Å². The van der Waals surface area contributed by atoms with Crippen LogP contribution >= 0.6 is 11.3 Å². The van der Waals surface area contributed by atoms with E-state index in [1.807, 2.05) is 0 Å². The molecule has 0 aromatic carbocycles. The van der Waals surface area contributed by atoms with Gasteiger partial charge in [0.2, 0.25) is 0 Å². The Balaban J connectivity index is 1.38. The summed E-state index contributed by atoms with van der Waals surface area (Å²) in [5.74, 6) is -1.03. The molecular weight excluding hydrogens is 294 g/mol. The third kappa shape index (κ3) is 3.33. The highest BCUT2D eigenvalue weighted by molar-refractivity contribution is 7.09. The molecule has 3 N–H and O–H groups in total. The van der Waals surface area contributed by atoms with Crippen molar-refractivity contribution in [2.75, 3.05) is 6.54 Å². The molecule has 0 saturated carbocycles. The van der Waals surface area contributed by atoms with Gasteiger partial charge in [-0.15, -0.1) is 11.3 Å². The monoisotopic (exact) mass is 311 g/mol. The molecule has 8 heteroatoms. The Morgan fingerprint density at radius 2 is 2.33 bits per heavy atom. The summed E-state index contributed by atoms with van der Waals surface area (Å²) in [6.45, 7) is 0.431. The third-order valence-electron chi connectivity index (χ3n) is 3.82. The molecule has 2 amide bonds. The molecule has 2 fully saturated rings. The first kappa shape index (κ1) is 14.3. The smallest absolute Gasteiger partial charge is 0.355 e. The van der Waals surface area contributed by atoms with E-state index in [1.165, 1.54) is 16.7 Å². The second-order valence-corrected chi connectivity index (χ2v) is 6.24. The van der Waals surface area contributed by atoms with E-state index in [1.54, 1.807) is 0 Å². The molecule has 2 aliphatic rings. The molecule has 3 rings (SSSR count). The fraction of sp³-hybridized carbons (Fsp3) is 0.615. The number of rotatable bonds is 5. The number of amides is 2. The van der Waals surface area contributed by atoms with Crippen molar-refractivity contribution in [1.82, 2.24) is 15.6 Å². The van der Waals surface area contributed by atoms with Gasteiger partial charge in [0.15, 0.2) is 5.69 Å². The van der Waals surface area contributed by atoms with Crippen molar-refractivity contribution >= 4 is 23.3 Å². The largest absolute Gasteiger partial charge is 0.476 e. The van der Waals surface area contributed by atoms with Gasteiger partial charge in [-0.25, -0.2) is 14.6 Å². The van der Waals surface area contributed by atoms with Crippen LogP contribution in [0.15, 0.2) is 5.38 Å². The average Bonchev–Trinajstić information content (AvgIpc) is 3.13. The third-order valence-corrected chi connectivity index (χ3v) is 4.73. The number of carbonyl (C=O) groups is 2. The van der Waals surface area contributed by atoms with Crippen LogP contribution in [-0.4, -0.2) is 46.9 Å². The Morgan fingerprint density at radius 1 is 1.48 bits per heavy atom.